The van der Waals surface area contributed by atoms with E-state index in [1.54, 1.807) is 0 Å². The summed E-state index contributed by atoms with van der Waals surface area (Å²) in [6.45, 7) is 2.60. The molecule has 1 aromatic heterocycles. The largest absolute Gasteiger partial charge is 0.573 e. The van der Waals surface area contributed by atoms with Crippen molar-refractivity contribution < 1.29 is 43.9 Å². The predicted molar refractivity (Wildman–Crippen MR) is 106 cm³/mol. The number of halogens is 6. The van der Waals surface area contributed by atoms with Gasteiger partial charge in [-0.1, -0.05) is 42.5 Å². The summed E-state index contributed by atoms with van der Waals surface area (Å²) in [5, 5.41) is 0. The maximum absolute atomic E-state index is 13.1. The van der Waals surface area contributed by atoms with Gasteiger partial charge in [-0.25, -0.2) is 13.1 Å². The number of sulfonamides is 1. The predicted octanol–water partition coefficient (Wildman–Crippen LogP) is 6.21. The van der Waals surface area contributed by atoms with Crippen LogP contribution in [0.3, 0.4) is 0 Å². The minimum absolute atomic E-state index is 0.151. The molecule has 3 rings (SSSR count). The highest BCUT2D eigenvalue weighted by Crippen LogP contribution is 2.37. The lowest BCUT2D eigenvalue weighted by Gasteiger charge is -2.16. The number of ether oxygens (including phenoxy) is 1. The van der Waals surface area contributed by atoms with Crippen molar-refractivity contribution in [1.29, 1.82) is 0 Å². The first kappa shape index (κ1) is 24.6. The fourth-order valence-electron chi connectivity index (χ4n) is 3.12. The smallest absolute Gasteiger partial charge is 0.455 e. The third-order valence-corrected chi connectivity index (χ3v) is 6.08. The number of para-hydroxylation sites is 1. The Hall–Kier alpha value is -2.99. The first-order chi connectivity index (χ1) is 15.2. The van der Waals surface area contributed by atoms with Crippen LogP contribution in [0.15, 0.2) is 63.9 Å². The molecular weight excluding hydrogens is 476 g/mol. The normalized spacial score (nSPS) is 13.7. The van der Waals surface area contributed by atoms with Gasteiger partial charge in [-0.15, -0.1) is 13.2 Å². The zero-order valence-corrected chi connectivity index (χ0v) is 17.9. The molecule has 0 saturated heterocycles. The van der Waals surface area contributed by atoms with Crippen LogP contribution in [0.25, 0.3) is 11.1 Å². The van der Waals surface area contributed by atoms with Gasteiger partial charge in [-0.2, -0.15) is 13.2 Å². The van der Waals surface area contributed by atoms with Crippen molar-refractivity contribution in [3.05, 3.63) is 71.7 Å². The van der Waals surface area contributed by atoms with Crippen molar-refractivity contribution in [3.8, 4) is 16.9 Å². The lowest BCUT2D eigenvalue weighted by molar-refractivity contribution is -0.274. The molecule has 0 aliphatic heterocycles. The second kappa shape index (κ2) is 8.75. The van der Waals surface area contributed by atoms with Crippen molar-refractivity contribution >= 4 is 10.0 Å². The van der Waals surface area contributed by atoms with Gasteiger partial charge in [0.15, 0.2) is 0 Å². The molecule has 0 aliphatic rings. The monoisotopic (exact) mass is 493 g/mol. The second-order valence-corrected chi connectivity index (χ2v) is 8.74. The quantitative estimate of drug-likeness (QED) is 0.415. The highest BCUT2D eigenvalue weighted by molar-refractivity contribution is 7.89. The minimum atomic E-state index is -5.00. The zero-order valence-electron chi connectivity index (χ0n) is 17.1. The average Bonchev–Trinajstić information content (AvgIpc) is 3.10. The van der Waals surface area contributed by atoms with Gasteiger partial charge in [0.1, 0.15) is 16.4 Å². The number of nitrogens with one attached hydrogen (secondary N) is 1. The fourth-order valence-corrected chi connectivity index (χ4v) is 4.57. The molecule has 1 heterocycles. The molecule has 33 heavy (non-hydrogen) atoms. The van der Waals surface area contributed by atoms with Crippen LogP contribution in [0.4, 0.5) is 26.3 Å². The molecule has 0 fully saturated rings. The van der Waals surface area contributed by atoms with E-state index in [4.69, 9.17) is 0 Å². The molecule has 5 nitrogen and oxygen atoms in total. The van der Waals surface area contributed by atoms with E-state index in [9.17, 15) is 34.8 Å². The molecular formula is C21H17F6NO4S. The van der Waals surface area contributed by atoms with E-state index in [0.29, 0.717) is 11.1 Å². The van der Waals surface area contributed by atoms with E-state index in [1.807, 2.05) is 0 Å². The van der Waals surface area contributed by atoms with Crippen molar-refractivity contribution in [2.24, 2.45) is 0 Å². The van der Waals surface area contributed by atoms with Crippen LogP contribution in [0.2, 0.25) is 0 Å². The van der Waals surface area contributed by atoms with Crippen LogP contribution in [0.5, 0.6) is 5.75 Å². The topological polar surface area (TPSA) is 68.5 Å². The Morgan fingerprint density at radius 2 is 1.58 bits per heavy atom. The lowest BCUT2D eigenvalue weighted by atomic mass is 10.0. The molecule has 2 aromatic carbocycles. The third-order valence-electron chi connectivity index (χ3n) is 4.53. The molecule has 3 aromatic rings. The van der Waals surface area contributed by atoms with E-state index in [0.717, 1.165) is 12.1 Å². The summed E-state index contributed by atoms with van der Waals surface area (Å²) in [7, 11) is -4.60. The number of hydrogen-bond donors (Lipinski definition) is 1. The summed E-state index contributed by atoms with van der Waals surface area (Å²) in [5.41, 5.74) is 0.877. The Labute approximate surface area is 185 Å². The van der Waals surface area contributed by atoms with Crippen LogP contribution in [0, 0.1) is 6.92 Å². The van der Waals surface area contributed by atoms with Crippen LogP contribution < -0.4 is 9.46 Å². The molecule has 0 aliphatic carbocycles. The van der Waals surface area contributed by atoms with Gasteiger partial charge < -0.3 is 9.15 Å². The summed E-state index contributed by atoms with van der Waals surface area (Å²) in [5.74, 6) is -2.27. The summed E-state index contributed by atoms with van der Waals surface area (Å²) in [4.78, 5) is -1.03. The Morgan fingerprint density at radius 1 is 0.970 bits per heavy atom. The number of hydrogen-bond acceptors (Lipinski definition) is 4. The van der Waals surface area contributed by atoms with Crippen LogP contribution in [-0.2, 0) is 16.2 Å². The van der Waals surface area contributed by atoms with Gasteiger partial charge >= 0.3 is 12.5 Å². The first-order valence-corrected chi connectivity index (χ1v) is 10.8. The zero-order chi connectivity index (χ0) is 24.6. The number of aryl methyl sites for hydroxylation is 1. The van der Waals surface area contributed by atoms with Crippen LogP contribution in [-0.4, -0.2) is 14.8 Å². The number of alkyl halides is 6. The summed E-state index contributed by atoms with van der Waals surface area (Å²) >= 11 is 0. The van der Waals surface area contributed by atoms with Crippen molar-refractivity contribution in [1.82, 2.24) is 4.72 Å². The summed E-state index contributed by atoms with van der Waals surface area (Å²) in [6.07, 6.45) is -9.89. The first-order valence-electron chi connectivity index (χ1n) is 9.32. The standard InChI is InChI=1S/C21H17F6NO4S/c1-12-11-18(19(31-12)20(22,23)24)33(29,30)28-13(2)14-7-9-15(10-8-14)16-5-3-4-6-17(16)32-21(25,26)27/h3-11,13,28H,1-2H3/t13-/m1/s1. The fraction of sp³-hybridized carbons (Fsp3) is 0.238. The van der Waals surface area contributed by atoms with Gasteiger partial charge in [-0.3, -0.25) is 0 Å². The molecule has 0 bridgehead atoms. The summed E-state index contributed by atoms with van der Waals surface area (Å²) < 4.78 is 113. The highest BCUT2D eigenvalue weighted by Gasteiger charge is 2.42. The van der Waals surface area contributed by atoms with E-state index in [-0.39, 0.29) is 11.3 Å². The van der Waals surface area contributed by atoms with E-state index < -0.39 is 45.0 Å². The van der Waals surface area contributed by atoms with E-state index >= 15 is 0 Å². The molecule has 0 amide bonds. The molecule has 0 unspecified atom stereocenters. The number of furan rings is 1. The minimum Gasteiger partial charge on any atom is -0.455 e. The highest BCUT2D eigenvalue weighted by atomic mass is 32.2. The molecule has 0 saturated carbocycles. The molecule has 0 radical (unpaired) electrons. The third kappa shape index (κ3) is 5.88. The average molecular weight is 493 g/mol. The Balaban J connectivity index is 1.85. The van der Waals surface area contributed by atoms with Gasteiger partial charge in [0.2, 0.25) is 15.8 Å². The number of benzene rings is 2. The van der Waals surface area contributed by atoms with Gasteiger partial charge in [-0.05, 0) is 31.0 Å². The Morgan fingerprint density at radius 3 is 2.15 bits per heavy atom. The number of rotatable bonds is 6. The van der Waals surface area contributed by atoms with Crippen molar-refractivity contribution in [2.75, 3.05) is 0 Å². The van der Waals surface area contributed by atoms with Crippen LogP contribution in [0.1, 0.15) is 30.0 Å². The molecule has 1 atom stereocenters. The Bertz CT molecular complexity index is 1230. The van der Waals surface area contributed by atoms with Gasteiger partial charge in [0.05, 0.1) is 0 Å². The second-order valence-electron chi connectivity index (χ2n) is 7.06. The van der Waals surface area contributed by atoms with E-state index in [2.05, 4.69) is 13.9 Å². The van der Waals surface area contributed by atoms with E-state index in [1.165, 1.54) is 56.3 Å². The van der Waals surface area contributed by atoms with Crippen molar-refractivity contribution in [2.45, 2.75) is 37.3 Å². The van der Waals surface area contributed by atoms with Crippen molar-refractivity contribution in [3.63, 3.8) is 0 Å². The maximum Gasteiger partial charge on any atom is 0.573 e. The summed E-state index contributed by atoms with van der Waals surface area (Å²) in [6, 6.07) is 11.1. The molecule has 1 N–H and O–H groups in total. The van der Waals surface area contributed by atoms with Gasteiger partial charge in [0.25, 0.3) is 0 Å². The lowest BCUT2D eigenvalue weighted by Crippen LogP contribution is -2.28. The molecule has 12 heteroatoms. The molecule has 178 valence electrons. The molecule has 0 spiro atoms. The SMILES string of the molecule is Cc1cc(S(=O)(=O)N[C@H](C)c2ccc(-c3ccccc3OC(F)(F)F)cc2)c(C(F)(F)F)o1. The maximum atomic E-state index is 13.1. The Kier molecular flexibility index (Phi) is 6.53. The van der Waals surface area contributed by atoms with Gasteiger partial charge in [0, 0.05) is 17.7 Å². The van der Waals surface area contributed by atoms with Crippen LogP contribution >= 0.6 is 0 Å².